The summed E-state index contributed by atoms with van der Waals surface area (Å²) in [5.74, 6) is -0.0870. The lowest BCUT2D eigenvalue weighted by Gasteiger charge is -2.28. The van der Waals surface area contributed by atoms with Crippen molar-refractivity contribution in [2.45, 2.75) is 38.8 Å². The third-order valence-corrected chi connectivity index (χ3v) is 5.07. The predicted molar refractivity (Wildman–Crippen MR) is 96.6 cm³/mol. The van der Waals surface area contributed by atoms with Gasteiger partial charge in [0.05, 0.1) is 12.7 Å². The molecule has 6 heteroatoms. The number of hydrogen-bond donors (Lipinski definition) is 2. The molecule has 1 amide bonds. The number of carbonyl (C=O) groups excluding carboxylic acids is 1. The number of rotatable bonds is 5. The zero-order valence-electron chi connectivity index (χ0n) is 14.0. The second-order valence-electron chi connectivity index (χ2n) is 5.98. The molecular formula is C18H23N3O2S. The molecule has 24 heavy (non-hydrogen) atoms. The highest BCUT2D eigenvalue weighted by Gasteiger charge is 2.28. The number of carbonyl (C=O) groups is 1. The fraction of sp³-hybridized carbons (Fsp3) is 0.444. The van der Waals surface area contributed by atoms with Gasteiger partial charge >= 0.3 is 0 Å². The maximum absolute atomic E-state index is 12.3. The highest BCUT2D eigenvalue weighted by molar-refractivity contribution is 7.15. The summed E-state index contributed by atoms with van der Waals surface area (Å²) in [5.41, 5.74) is 2.61. The molecule has 5 nitrogen and oxygen atoms in total. The maximum atomic E-state index is 12.3. The van der Waals surface area contributed by atoms with Gasteiger partial charge in [0.1, 0.15) is 6.04 Å². The van der Waals surface area contributed by atoms with Crippen LogP contribution in [-0.4, -0.2) is 36.2 Å². The lowest BCUT2D eigenvalue weighted by molar-refractivity contribution is -0.123. The van der Waals surface area contributed by atoms with Gasteiger partial charge in [0.2, 0.25) is 5.91 Å². The molecule has 0 saturated carbocycles. The number of aryl methyl sites for hydroxylation is 1. The van der Waals surface area contributed by atoms with E-state index in [2.05, 4.69) is 46.8 Å². The molecule has 0 bridgehead atoms. The van der Waals surface area contributed by atoms with Gasteiger partial charge in [0, 0.05) is 24.0 Å². The second-order valence-corrected chi connectivity index (χ2v) is 7.09. The van der Waals surface area contributed by atoms with Crippen LogP contribution in [0, 0.1) is 0 Å². The third-order valence-electron chi connectivity index (χ3n) is 4.16. The molecule has 0 spiro atoms. The van der Waals surface area contributed by atoms with Crippen LogP contribution in [0.15, 0.2) is 30.5 Å². The first kappa shape index (κ1) is 17.1. The van der Waals surface area contributed by atoms with Crippen LogP contribution < -0.4 is 10.6 Å². The van der Waals surface area contributed by atoms with E-state index in [0.29, 0.717) is 18.3 Å². The van der Waals surface area contributed by atoms with Gasteiger partial charge < -0.3 is 15.4 Å². The Hall–Kier alpha value is -1.76. The van der Waals surface area contributed by atoms with Crippen molar-refractivity contribution >= 4 is 22.4 Å². The lowest BCUT2D eigenvalue weighted by atomic mass is 10.1. The first-order valence-electron chi connectivity index (χ1n) is 8.34. The summed E-state index contributed by atoms with van der Waals surface area (Å²) in [6, 6.07) is 8.26. The molecule has 1 fully saturated rings. The van der Waals surface area contributed by atoms with Gasteiger partial charge in [-0.25, -0.2) is 4.98 Å². The van der Waals surface area contributed by atoms with Crippen molar-refractivity contribution in [2.75, 3.05) is 18.5 Å². The van der Waals surface area contributed by atoms with E-state index in [1.807, 2.05) is 13.1 Å². The van der Waals surface area contributed by atoms with Crippen LogP contribution in [0.4, 0.5) is 5.13 Å². The molecule has 2 aromatic rings. The first-order chi connectivity index (χ1) is 11.7. The average molecular weight is 345 g/mol. The third kappa shape index (κ3) is 4.20. The maximum Gasteiger partial charge on any atom is 0.245 e. The van der Waals surface area contributed by atoms with Crippen LogP contribution in [0.3, 0.4) is 0 Å². The monoisotopic (exact) mass is 345 g/mol. The molecule has 2 heterocycles. The fourth-order valence-corrected chi connectivity index (χ4v) is 3.67. The normalized spacial score (nSPS) is 20.8. The number of hydrogen-bond acceptors (Lipinski definition) is 5. The van der Waals surface area contributed by atoms with Crippen molar-refractivity contribution in [3.8, 4) is 0 Å². The largest absolute Gasteiger partial charge is 0.375 e. The van der Waals surface area contributed by atoms with E-state index in [1.54, 1.807) is 0 Å². The Morgan fingerprint density at radius 3 is 3.08 bits per heavy atom. The molecule has 1 aromatic heterocycles. The van der Waals surface area contributed by atoms with E-state index in [9.17, 15) is 4.79 Å². The Morgan fingerprint density at radius 1 is 1.46 bits per heavy atom. The van der Waals surface area contributed by atoms with Crippen molar-refractivity contribution in [2.24, 2.45) is 0 Å². The number of ether oxygens (including phenoxy) is 1. The lowest BCUT2D eigenvalue weighted by Crippen LogP contribution is -2.53. The Bertz CT molecular complexity index is 701. The summed E-state index contributed by atoms with van der Waals surface area (Å²) in [6.45, 7) is 5.40. The van der Waals surface area contributed by atoms with Crippen LogP contribution in [0.25, 0.3) is 0 Å². The van der Waals surface area contributed by atoms with E-state index < -0.39 is 0 Å². The van der Waals surface area contributed by atoms with Crippen molar-refractivity contribution in [1.82, 2.24) is 10.3 Å². The number of benzene rings is 1. The predicted octanol–water partition coefficient (Wildman–Crippen LogP) is 2.61. The minimum absolute atomic E-state index is 0.0870. The number of anilines is 1. The molecule has 0 unspecified atom stereocenters. The Morgan fingerprint density at radius 2 is 2.29 bits per heavy atom. The summed E-state index contributed by atoms with van der Waals surface area (Å²) >= 11 is 1.52. The zero-order valence-corrected chi connectivity index (χ0v) is 14.9. The topological polar surface area (TPSA) is 63.2 Å². The quantitative estimate of drug-likeness (QED) is 0.874. The fourth-order valence-electron chi connectivity index (χ4n) is 2.82. The molecular weight excluding hydrogens is 322 g/mol. The molecule has 1 saturated heterocycles. The van der Waals surface area contributed by atoms with Crippen molar-refractivity contribution in [3.05, 3.63) is 46.5 Å². The molecule has 0 aliphatic carbocycles. The van der Waals surface area contributed by atoms with Gasteiger partial charge in [-0.05, 0) is 24.5 Å². The number of morpholine rings is 1. The standard InChI is InChI=1S/C18H23N3O2S/c1-3-13-5-4-6-14(9-13)10-15-11-20-18(24-15)21-17(22)16-12(2)23-8-7-19-16/h4-6,9,11-12,16,19H,3,7-8,10H2,1-2H3,(H,20,21,22)/t12-,16+/m1/s1. The van der Waals surface area contributed by atoms with Crippen LogP contribution in [0.1, 0.15) is 29.9 Å². The molecule has 2 N–H and O–H groups in total. The van der Waals surface area contributed by atoms with Crippen LogP contribution in [0.2, 0.25) is 0 Å². The molecule has 1 aromatic carbocycles. The first-order valence-corrected chi connectivity index (χ1v) is 9.15. The Labute approximate surface area is 146 Å². The SMILES string of the molecule is CCc1cccc(Cc2cnc(NC(=O)[C@H]3NCCO[C@@H]3C)s2)c1. The van der Waals surface area contributed by atoms with E-state index in [1.165, 1.54) is 22.5 Å². The summed E-state index contributed by atoms with van der Waals surface area (Å²) in [4.78, 5) is 17.8. The Kier molecular flexibility index (Phi) is 5.60. The number of amides is 1. The van der Waals surface area contributed by atoms with Gasteiger partial charge in [-0.2, -0.15) is 0 Å². The van der Waals surface area contributed by atoms with Gasteiger partial charge in [-0.15, -0.1) is 11.3 Å². The average Bonchev–Trinajstić information content (AvgIpc) is 3.02. The van der Waals surface area contributed by atoms with Crippen LogP contribution in [0.5, 0.6) is 0 Å². The second kappa shape index (κ2) is 7.88. The highest BCUT2D eigenvalue weighted by Crippen LogP contribution is 2.22. The van der Waals surface area contributed by atoms with Crippen LogP contribution >= 0.6 is 11.3 Å². The van der Waals surface area contributed by atoms with E-state index in [-0.39, 0.29) is 18.1 Å². The van der Waals surface area contributed by atoms with E-state index in [0.717, 1.165) is 17.7 Å². The number of aromatic nitrogens is 1. The highest BCUT2D eigenvalue weighted by atomic mass is 32.1. The summed E-state index contributed by atoms with van der Waals surface area (Å²) in [6.07, 6.45) is 3.58. The molecule has 1 aliphatic rings. The van der Waals surface area contributed by atoms with Gasteiger partial charge in [-0.3, -0.25) is 4.79 Å². The molecule has 2 atom stereocenters. The summed E-state index contributed by atoms with van der Waals surface area (Å²) in [5, 5.41) is 6.72. The van der Waals surface area contributed by atoms with Crippen LogP contribution in [-0.2, 0) is 22.4 Å². The Balaban J connectivity index is 1.61. The minimum atomic E-state index is -0.327. The molecule has 3 rings (SSSR count). The van der Waals surface area contributed by atoms with E-state index in [4.69, 9.17) is 4.74 Å². The van der Waals surface area contributed by atoms with Gasteiger partial charge in [0.25, 0.3) is 0 Å². The number of nitrogens with zero attached hydrogens (tertiary/aromatic N) is 1. The van der Waals surface area contributed by atoms with Crippen molar-refractivity contribution in [1.29, 1.82) is 0 Å². The molecule has 0 radical (unpaired) electrons. The smallest absolute Gasteiger partial charge is 0.245 e. The van der Waals surface area contributed by atoms with Gasteiger partial charge in [-0.1, -0.05) is 31.2 Å². The van der Waals surface area contributed by atoms with Crippen molar-refractivity contribution < 1.29 is 9.53 Å². The summed E-state index contributed by atoms with van der Waals surface area (Å²) in [7, 11) is 0. The zero-order chi connectivity index (χ0) is 16.9. The number of nitrogens with one attached hydrogen (secondary N) is 2. The van der Waals surface area contributed by atoms with E-state index >= 15 is 0 Å². The van der Waals surface area contributed by atoms with Gasteiger partial charge in [0.15, 0.2) is 5.13 Å². The summed E-state index contributed by atoms with van der Waals surface area (Å²) < 4.78 is 5.51. The van der Waals surface area contributed by atoms with Crippen molar-refractivity contribution in [3.63, 3.8) is 0 Å². The minimum Gasteiger partial charge on any atom is -0.375 e. The molecule has 1 aliphatic heterocycles. The number of thiazole rings is 1. The molecule has 128 valence electrons.